The maximum atomic E-state index is 11.6. The van der Waals surface area contributed by atoms with Gasteiger partial charge < -0.3 is 10.6 Å². The Bertz CT molecular complexity index is 1440. The monoisotopic (exact) mass is 485 g/mol. The third kappa shape index (κ3) is 4.49. The second-order valence-electron chi connectivity index (χ2n) is 8.97. The van der Waals surface area contributed by atoms with Crippen LogP contribution >= 0.6 is 11.8 Å². The van der Waals surface area contributed by atoms with Crippen LogP contribution in [0.4, 0.5) is 5.69 Å². The molecule has 1 aromatic carbocycles. The van der Waals surface area contributed by atoms with Crippen LogP contribution in [0, 0.1) is 24.2 Å². The van der Waals surface area contributed by atoms with E-state index in [9.17, 15) is 10.1 Å². The molecule has 1 amide bonds. The van der Waals surface area contributed by atoms with E-state index in [1.165, 1.54) is 11.8 Å². The maximum Gasteiger partial charge on any atom is 0.219 e. The van der Waals surface area contributed by atoms with Gasteiger partial charge in [-0.3, -0.25) is 9.48 Å². The fourth-order valence-corrected chi connectivity index (χ4v) is 5.79. The van der Waals surface area contributed by atoms with Gasteiger partial charge in [0.15, 0.2) is 0 Å². The Kier molecular flexibility index (Phi) is 6.22. The number of piperidine rings is 1. The largest absolute Gasteiger partial charge is 0.396 e. The SMILES string of the molecule is CC(=O)N1CCC(Cn2ncc(-c3cc(Sc4ccccc4C#N)c4c(N)cnn4c3)c2C)CC1. The number of hydrogen-bond donors (Lipinski definition) is 1. The lowest BCUT2D eigenvalue weighted by atomic mass is 9.96. The molecule has 3 aromatic heterocycles. The lowest BCUT2D eigenvalue weighted by molar-refractivity contribution is -0.130. The average molecular weight is 486 g/mol. The summed E-state index contributed by atoms with van der Waals surface area (Å²) in [6, 6.07) is 11.9. The number of nitrogens with zero attached hydrogens (tertiary/aromatic N) is 6. The summed E-state index contributed by atoms with van der Waals surface area (Å²) >= 11 is 1.52. The summed E-state index contributed by atoms with van der Waals surface area (Å²) in [6.45, 7) is 6.20. The molecule has 1 fully saturated rings. The number of benzene rings is 1. The van der Waals surface area contributed by atoms with Crippen molar-refractivity contribution in [2.75, 3.05) is 18.8 Å². The van der Waals surface area contributed by atoms with Crippen LogP contribution in [0.25, 0.3) is 16.6 Å². The summed E-state index contributed by atoms with van der Waals surface area (Å²) in [4.78, 5) is 15.4. The quantitative estimate of drug-likeness (QED) is 0.450. The zero-order valence-corrected chi connectivity index (χ0v) is 20.6. The number of hydrogen-bond acceptors (Lipinski definition) is 6. The van der Waals surface area contributed by atoms with Crippen LogP contribution in [0.15, 0.2) is 58.7 Å². The lowest BCUT2D eigenvalue weighted by Crippen LogP contribution is -2.38. The fourth-order valence-electron chi connectivity index (χ4n) is 4.69. The summed E-state index contributed by atoms with van der Waals surface area (Å²) in [5.74, 6) is 0.653. The Morgan fingerprint density at radius 2 is 1.97 bits per heavy atom. The minimum absolute atomic E-state index is 0.154. The molecule has 178 valence electrons. The van der Waals surface area contributed by atoms with E-state index in [0.29, 0.717) is 17.2 Å². The van der Waals surface area contributed by atoms with Gasteiger partial charge in [-0.15, -0.1) is 0 Å². The molecule has 35 heavy (non-hydrogen) atoms. The third-order valence-corrected chi connectivity index (χ3v) is 7.84. The summed E-state index contributed by atoms with van der Waals surface area (Å²) in [5, 5.41) is 18.7. The number of carbonyl (C=O) groups excluding carboxylic acids is 1. The molecule has 0 spiro atoms. The first kappa shape index (κ1) is 23.0. The number of fused-ring (bicyclic) bond motifs is 1. The molecular weight excluding hydrogens is 458 g/mol. The number of nitriles is 1. The van der Waals surface area contributed by atoms with Crippen LogP contribution in [-0.2, 0) is 11.3 Å². The third-order valence-electron chi connectivity index (χ3n) is 6.74. The van der Waals surface area contributed by atoms with Crippen LogP contribution in [-0.4, -0.2) is 43.3 Å². The van der Waals surface area contributed by atoms with Crippen LogP contribution in [0.2, 0.25) is 0 Å². The Hall–Kier alpha value is -3.77. The van der Waals surface area contributed by atoms with Gasteiger partial charge in [-0.05, 0) is 43.9 Å². The molecule has 4 aromatic rings. The number of amides is 1. The molecule has 0 radical (unpaired) electrons. The minimum atomic E-state index is 0.154. The van der Waals surface area contributed by atoms with Crippen molar-refractivity contribution in [2.45, 2.75) is 43.0 Å². The van der Waals surface area contributed by atoms with Gasteiger partial charge in [0, 0.05) is 59.4 Å². The van der Waals surface area contributed by atoms with E-state index in [1.54, 1.807) is 17.6 Å². The van der Waals surface area contributed by atoms with E-state index in [2.05, 4.69) is 28.8 Å². The zero-order chi connectivity index (χ0) is 24.5. The normalized spacial score (nSPS) is 14.4. The van der Waals surface area contributed by atoms with Crippen LogP contribution in [0.3, 0.4) is 0 Å². The van der Waals surface area contributed by atoms with Crippen LogP contribution < -0.4 is 5.73 Å². The number of likely N-dealkylation sites (tertiary alicyclic amines) is 1. The molecule has 0 atom stereocenters. The second kappa shape index (κ2) is 9.47. The number of rotatable bonds is 5. The van der Waals surface area contributed by atoms with E-state index in [0.717, 1.165) is 64.6 Å². The predicted molar refractivity (Wildman–Crippen MR) is 136 cm³/mol. The van der Waals surface area contributed by atoms with Gasteiger partial charge in [0.2, 0.25) is 5.91 Å². The first-order valence-electron chi connectivity index (χ1n) is 11.7. The van der Waals surface area contributed by atoms with Crippen molar-refractivity contribution in [3.8, 4) is 17.2 Å². The van der Waals surface area contributed by atoms with Gasteiger partial charge in [0.1, 0.15) is 11.6 Å². The van der Waals surface area contributed by atoms with Gasteiger partial charge in [-0.25, -0.2) is 4.52 Å². The molecule has 0 unspecified atom stereocenters. The summed E-state index contributed by atoms with van der Waals surface area (Å²) in [6.07, 6.45) is 7.53. The molecular formula is C26H27N7OS. The van der Waals surface area contributed by atoms with Crippen molar-refractivity contribution in [3.05, 3.63) is 60.2 Å². The van der Waals surface area contributed by atoms with Crippen molar-refractivity contribution in [1.29, 1.82) is 5.26 Å². The second-order valence-corrected chi connectivity index (χ2v) is 10.1. The minimum Gasteiger partial charge on any atom is -0.396 e. The highest BCUT2D eigenvalue weighted by Gasteiger charge is 2.23. The first-order valence-corrected chi connectivity index (χ1v) is 12.5. The number of carbonyl (C=O) groups is 1. The van der Waals surface area contributed by atoms with Crippen LogP contribution in [0.5, 0.6) is 0 Å². The van der Waals surface area contributed by atoms with Crippen molar-refractivity contribution >= 4 is 28.9 Å². The molecule has 2 N–H and O–H groups in total. The molecule has 4 heterocycles. The smallest absolute Gasteiger partial charge is 0.219 e. The molecule has 5 rings (SSSR count). The molecule has 1 saturated heterocycles. The van der Waals surface area contributed by atoms with Gasteiger partial charge in [0.25, 0.3) is 0 Å². The topological polar surface area (TPSA) is 105 Å². The molecule has 0 aliphatic carbocycles. The average Bonchev–Trinajstić information content (AvgIpc) is 3.42. The van der Waals surface area contributed by atoms with E-state index < -0.39 is 0 Å². The Morgan fingerprint density at radius 1 is 1.20 bits per heavy atom. The van der Waals surface area contributed by atoms with Gasteiger partial charge >= 0.3 is 0 Å². The summed E-state index contributed by atoms with van der Waals surface area (Å²) in [7, 11) is 0. The zero-order valence-electron chi connectivity index (χ0n) is 19.8. The number of nitrogen functional groups attached to an aromatic ring is 1. The lowest BCUT2D eigenvalue weighted by Gasteiger charge is -2.31. The molecule has 9 heteroatoms. The highest BCUT2D eigenvalue weighted by molar-refractivity contribution is 7.99. The first-order chi connectivity index (χ1) is 16.9. The standard InChI is InChI=1S/C26H27N7OS/c1-17-22(13-29-32(17)15-19-7-9-31(10-8-19)18(2)34)21-11-25(26-23(28)14-30-33(26)16-21)35-24-6-4-3-5-20(24)12-27/h3-6,11,13-14,16,19H,7-10,15,28H2,1-2H3. The Morgan fingerprint density at radius 3 is 2.71 bits per heavy atom. The summed E-state index contributed by atoms with van der Waals surface area (Å²) < 4.78 is 3.87. The fraction of sp³-hybridized carbons (Fsp3) is 0.308. The number of aromatic nitrogens is 4. The molecule has 1 aliphatic heterocycles. The van der Waals surface area contributed by atoms with Gasteiger partial charge in [-0.1, -0.05) is 23.9 Å². The van der Waals surface area contributed by atoms with Crippen molar-refractivity contribution in [1.82, 2.24) is 24.3 Å². The summed E-state index contributed by atoms with van der Waals surface area (Å²) in [5.41, 5.74) is 11.4. The predicted octanol–water partition coefficient (Wildman–Crippen LogP) is 4.37. The van der Waals surface area contributed by atoms with Gasteiger partial charge in [-0.2, -0.15) is 15.5 Å². The van der Waals surface area contributed by atoms with Crippen molar-refractivity contribution in [3.63, 3.8) is 0 Å². The Balaban J connectivity index is 1.45. The number of pyridine rings is 1. The van der Waals surface area contributed by atoms with E-state index >= 15 is 0 Å². The Labute approximate surface area is 208 Å². The highest BCUT2D eigenvalue weighted by atomic mass is 32.2. The van der Waals surface area contributed by atoms with E-state index in [-0.39, 0.29) is 5.91 Å². The molecule has 8 nitrogen and oxygen atoms in total. The molecule has 0 bridgehead atoms. The van der Waals surface area contributed by atoms with Gasteiger partial charge in [0.05, 0.1) is 23.6 Å². The van der Waals surface area contributed by atoms with Crippen LogP contribution in [0.1, 0.15) is 31.0 Å². The van der Waals surface area contributed by atoms with E-state index in [4.69, 9.17) is 10.8 Å². The number of anilines is 1. The van der Waals surface area contributed by atoms with Crippen molar-refractivity contribution in [2.24, 2.45) is 5.92 Å². The van der Waals surface area contributed by atoms with E-state index in [1.807, 2.05) is 41.6 Å². The maximum absolute atomic E-state index is 11.6. The number of nitrogens with two attached hydrogens (primary N) is 1. The van der Waals surface area contributed by atoms with Crippen molar-refractivity contribution < 1.29 is 4.79 Å². The highest BCUT2D eigenvalue weighted by Crippen LogP contribution is 2.38. The molecule has 0 saturated carbocycles. The molecule has 1 aliphatic rings.